The van der Waals surface area contributed by atoms with E-state index < -0.39 is 6.04 Å². The highest BCUT2D eigenvalue weighted by Gasteiger charge is 2.22. The second-order valence-electron chi connectivity index (χ2n) is 6.15. The van der Waals surface area contributed by atoms with Crippen LogP contribution in [0.1, 0.15) is 27.8 Å². The minimum absolute atomic E-state index is 0.246. The molecule has 1 heterocycles. The van der Waals surface area contributed by atoms with Crippen LogP contribution in [0.15, 0.2) is 54.9 Å². The van der Waals surface area contributed by atoms with Crippen molar-refractivity contribution in [1.82, 2.24) is 14.9 Å². The molecule has 1 aromatic heterocycles. The van der Waals surface area contributed by atoms with Crippen LogP contribution in [0.5, 0.6) is 17.2 Å². The van der Waals surface area contributed by atoms with Crippen LogP contribution in [0.2, 0.25) is 0 Å². The van der Waals surface area contributed by atoms with Gasteiger partial charge in [0.25, 0.3) is 5.91 Å². The van der Waals surface area contributed by atoms with Crippen LogP contribution < -0.4 is 19.5 Å². The summed E-state index contributed by atoms with van der Waals surface area (Å²) in [4.78, 5) is 17.4. The van der Waals surface area contributed by atoms with Crippen molar-refractivity contribution < 1.29 is 19.0 Å². The van der Waals surface area contributed by atoms with E-state index in [-0.39, 0.29) is 5.91 Å². The van der Waals surface area contributed by atoms with Gasteiger partial charge in [-0.1, -0.05) is 12.1 Å². The molecule has 7 nitrogen and oxygen atoms in total. The Labute approximate surface area is 163 Å². The van der Waals surface area contributed by atoms with Gasteiger partial charge in [0.1, 0.15) is 17.6 Å². The number of carbonyl (C=O) groups is 1. The lowest BCUT2D eigenvalue weighted by Crippen LogP contribution is -2.31. The van der Waals surface area contributed by atoms with Gasteiger partial charge in [-0.05, 0) is 35.9 Å². The largest absolute Gasteiger partial charge is 0.497 e. The molecule has 0 spiro atoms. The number of aromatic nitrogens is 2. The monoisotopic (exact) mass is 381 g/mol. The molecule has 7 heteroatoms. The first-order chi connectivity index (χ1) is 13.6. The molecule has 0 saturated carbocycles. The second-order valence-corrected chi connectivity index (χ2v) is 6.15. The van der Waals surface area contributed by atoms with Crippen LogP contribution in [0.3, 0.4) is 0 Å². The number of hydrogen-bond donors (Lipinski definition) is 1. The summed E-state index contributed by atoms with van der Waals surface area (Å²) in [6.07, 6.45) is 3.54. The van der Waals surface area contributed by atoms with Crippen molar-refractivity contribution in [3.63, 3.8) is 0 Å². The van der Waals surface area contributed by atoms with Gasteiger partial charge in [0, 0.05) is 25.0 Å². The van der Waals surface area contributed by atoms with Crippen molar-refractivity contribution in [2.24, 2.45) is 7.05 Å². The predicted molar refractivity (Wildman–Crippen MR) is 105 cm³/mol. The van der Waals surface area contributed by atoms with E-state index in [1.165, 1.54) is 7.11 Å². The summed E-state index contributed by atoms with van der Waals surface area (Å²) < 4.78 is 17.6. The zero-order valence-corrected chi connectivity index (χ0v) is 16.3. The van der Waals surface area contributed by atoms with E-state index >= 15 is 0 Å². The first-order valence-corrected chi connectivity index (χ1v) is 8.71. The molecule has 0 bridgehead atoms. The molecule has 0 aliphatic heterocycles. The Morgan fingerprint density at radius 3 is 2.29 bits per heavy atom. The number of rotatable bonds is 7. The molecule has 0 aliphatic rings. The lowest BCUT2D eigenvalue weighted by atomic mass is 10.0. The summed E-state index contributed by atoms with van der Waals surface area (Å²) in [6.45, 7) is 0. The van der Waals surface area contributed by atoms with Crippen molar-refractivity contribution in [2.45, 2.75) is 6.04 Å². The van der Waals surface area contributed by atoms with Crippen LogP contribution in [0, 0.1) is 0 Å². The normalized spacial score (nSPS) is 11.6. The van der Waals surface area contributed by atoms with E-state index in [0.29, 0.717) is 17.1 Å². The number of carbonyl (C=O) groups excluding carboxylic acids is 1. The van der Waals surface area contributed by atoms with E-state index in [2.05, 4.69) is 10.3 Å². The van der Waals surface area contributed by atoms with Gasteiger partial charge in [-0.25, -0.2) is 4.98 Å². The van der Waals surface area contributed by atoms with Gasteiger partial charge >= 0.3 is 0 Å². The molecule has 146 valence electrons. The first kappa shape index (κ1) is 19.3. The summed E-state index contributed by atoms with van der Waals surface area (Å²) in [5.41, 5.74) is 1.36. The average Bonchev–Trinajstić information content (AvgIpc) is 3.16. The van der Waals surface area contributed by atoms with Gasteiger partial charge in [-0.3, -0.25) is 4.79 Å². The van der Waals surface area contributed by atoms with Crippen molar-refractivity contribution in [3.05, 3.63) is 71.8 Å². The molecule has 1 N–H and O–H groups in total. The van der Waals surface area contributed by atoms with E-state index in [1.807, 2.05) is 42.1 Å². The van der Waals surface area contributed by atoms with Crippen molar-refractivity contribution in [2.75, 3.05) is 21.3 Å². The van der Waals surface area contributed by atoms with Gasteiger partial charge < -0.3 is 24.1 Å². The standard InChI is InChI=1S/C21H23N3O4/c1-24-12-11-22-20(24)19(14-5-8-16(26-2)9-6-14)23-21(25)15-7-10-17(27-3)18(13-15)28-4/h5-13,19H,1-4H3,(H,23,25). The summed E-state index contributed by atoms with van der Waals surface area (Å²) in [6, 6.07) is 12.2. The van der Waals surface area contributed by atoms with Crippen molar-refractivity contribution in [3.8, 4) is 17.2 Å². The topological polar surface area (TPSA) is 74.6 Å². The summed E-state index contributed by atoms with van der Waals surface area (Å²) in [5.74, 6) is 2.28. The first-order valence-electron chi connectivity index (χ1n) is 8.71. The third-order valence-corrected chi connectivity index (χ3v) is 4.49. The number of amides is 1. The molecular formula is C21H23N3O4. The Kier molecular flexibility index (Phi) is 5.84. The van der Waals surface area contributed by atoms with Gasteiger partial charge in [0.05, 0.1) is 21.3 Å². The lowest BCUT2D eigenvalue weighted by molar-refractivity contribution is 0.0940. The number of imidazole rings is 1. The molecule has 28 heavy (non-hydrogen) atoms. The maximum atomic E-state index is 13.0. The highest BCUT2D eigenvalue weighted by Crippen LogP contribution is 2.28. The van der Waals surface area contributed by atoms with E-state index in [9.17, 15) is 4.79 Å². The van der Waals surface area contributed by atoms with E-state index in [1.54, 1.807) is 38.6 Å². The minimum Gasteiger partial charge on any atom is -0.497 e. The van der Waals surface area contributed by atoms with E-state index in [4.69, 9.17) is 14.2 Å². The third kappa shape index (κ3) is 3.93. The van der Waals surface area contributed by atoms with Crippen molar-refractivity contribution >= 4 is 5.91 Å². The fraction of sp³-hybridized carbons (Fsp3) is 0.238. The number of hydrogen-bond acceptors (Lipinski definition) is 5. The van der Waals surface area contributed by atoms with Crippen LogP contribution in [0.25, 0.3) is 0 Å². The Morgan fingerprint density at radius 2 is 1.71 bits per heavy atom. The summed E-state index contributed by atoms with van der Waals surface area (Å²) >= 11 is 0. The van der Waals surface area contributed by atoms with Gasteiger partial charge in [-0.2, -0.15) is 0 Å². The highest BCUT2D eigenvalue weighted by molar-refractivity contribution is 5.95. The van der Waals surface area contributed by atoms with Crippen molar-refractivity contribution in [1.29, 1.82) is 0 Å². The van der Waals surface area contributed by atoms with Gasteiger partial charge in [-0.15, -0.1) is 0 Å². The number of nitrogens with zero attached hydrogens (tertiary/aromatic N) is 2. The highest BCUT2D eigenvalue weighted by atomic mass is 16.5. The average molecular weight is 381 g/mol. The van der Waals surface area contributed by atoms with Crippen LogP contribution >= 0.6 is 0 Å². The Morgan fingerprint density at radius 1 is 1.00 bits per heavy atom. The fourth-order valence-corrected chi connectivity index (χ4v) is 2.94. The maximum Gasteiger partial charge on any atom is 0.252 e. The lowest BCUT2D eigenvalue weighted by Gasteiger charge is -2.20. The summed E-state index contributed by atoms with van der Waals surface area (Å²) in [7, 11) is 6.59. The quantitative estimate of drug-likeness (QED) is 0.681. The number of methoxy groups -OCH3 is 3. The Bertz CT molecular complexity index is 951. The summed E-state index contributed by atoms with van der Waals surface area (Å²) in [5, 5.41) is 3.06. The zero-order valence-electron chi connectivity index (χ0n) is 16.3. The van der Waals surface area contributed by atoms with Gasteiger partial charge in [0.2, 0.25) is 0 Å². The Balaban J connectivity index is 1.93. The molecule has 0 fully saturated rings. The number of benzene rings is 2. The number of nitrogens with one attached hydrogen (secondary N) is 1. The molecule has 3 rings (SSSR count). The van der Waals surface area contributed by atoms with Gasteiger partial charge in [0.15, 0.2) is 11.5 Å². The minimum atomic E-state index is -0.425. The SMILES string of the molecule is COc1ccc(C(NC(=O)c2ccc(OC)c(OC)c2)c2nccn2C)cc1. The predicted octanol–water partition coefficient (Wildman–Crippen LogP) is 2.97. The molecule has 2 aromatic carbocycles. The molecule has 0 radical (unpaired) electrons. The molecule has 1 atom stereocenters. The zero-order chi connectivity index (χ0) is 20.1. The maximum absolute atomic E-state index is 13.0. The fourth-order valence-electron chi connectivity index (χ4n) is 2.94. The smallest absolute Gasteiger partial charge is 0.252 e. The third-order valence-electron chi connectivity index (χ3n) is 4.49. The number of ether oxygens (including phenoxy) is 3. The Hall–Kier alpha value is -3.48. The van der Waals surface area contributed by atoms with Crippen LogP contribution in [-0.4, -0.2) is 36.8 Å². The number of aryl methyl sites for hydroxylation is 1. The second kappa shape index (κ2) is 8.47. The molecule has 1 unspecified atom stereocenters. The molecule has 0 aliphatic carbocycles. The van der Waals surface area contributed by atoms with E-state index in [0.717, 1.165) is 17.1 Å². The van der Waals surface area contributed by atoms with Crippen LogP contribution in [0.4, 0.5) is 0 Å². The molecular weight excluding hydrogens is 358 g/mol. The molecule has 3 aromatic rings. The van der Waals surface area contributed by atoms with Crippen LogP contribution in [-0.2, 0) is 7.05 Å². The molecule has 1 amide bonds. The molecule has 0 saturated heterocycles.